The van der Waals surface area contributed by atoms with Gasteiger partial charge in [-0.2, -0.15) is 0 Å². The van der Waals surface area contributed by atoms with E-state index in [1.165, 1.54) is 6.92 Å². The highest BCUT2D eigenvalue weighted by atomic mass is 16.5. The summed E-state index contributed by atoms with van der Waals surface area (Å²) in [6, 6.07) is 7.54. The molecular formula is C15H24N4O2. The number of nitrogens with zero attached hydrogens (tertiary/aromatic N) is 1. The maximum Gasteiger partial charge on any atom is 0.221 e. The van der Waals surface area contributed by atoms with E-state index in [9.17, 15) is 4.79 Å². The van der Waals surface area contributed by atoms with Crippen LogP contribution in [-0.2, 0) is 16.1 Å². The Morgan fingerprint density at radius 3 is 2.95 bits per heavy atom. The quantitative estimate of drug-likeness (QED) is 0.384. The van der Waals surface area contributed by atoms with E-state index >= 15 is 0 Å². The second kappa shape index (κ2) is 9.77. The molecule has 0 atom stereocenters. The van der Waals surface area contributed by atoms with Crippen LogP contribution in [0.1, 0.15) is 25.8 Å². The lowest BCUT2D eigenvalue weighted by molar-refractivity contribution is -0.114. The van der Waals surface area contributed by atoms with Crippen molar-refractivity contribution in [2.75, 3.05) is 25.1 Å². The molecule has 0 saturated carbocycles. The highest BCUT2D eigenvalue weighted by Gasteiger charge is 1.98. The fraction of sp³-hybridized carbons (Fsp3) is 0.467. The SMILES string of the molecule is CCOCCCNC(N)=NCc1cccc(NC(C)=O)c1. The Bertz CT molecular complexity index is 474. The van der Waals surface area contributed by atoms with Crippen molar-refractivity contribution < 1.29 is 9.53 Å². The van der Waals surface area contributed by atoms with Gasteiger partial charge in [-0.05, 0) is 31.0 Å². The van der Waals surface area contributed by atoms with Gasteiger partial charge in [0.25, 0.3) is 0 Å². The molecule has 4 N–H and O–H groups in total. The molecule has 0 bridgehead atoms. The van der Waals surface area contributed by atoms with Gasteiger partial charge in [-0.3, -0.25) is 4.79 Å². The van der Waals surface area contributed by atoms with Gasteiger partial charge in [0.15, 0.2) is 5.96 Å². The van der Waals surface area contributed by atoms with Crippen LogP contribution in [0, 0.1) is 0 Å². The normalized spacial score (nSPS) is 11.2. The average molecular weight is 292 g/mol. The number of carbonyl (C=O) groups excluding carboxylic acids is 1. The molecule has 0 aliphatic carbocycles. The summed E-state index contributed by atoms with van der Waals surface area (Å²) in [7, 11) is 0. The number of amides is 1. The molecule has 0 radical (unpaired) electrons. The first kappa shape index (κ1) is 17.0. The van der Waals surface area contributed by atoms with Gasteiger partial charge in [-0.1, -0.05) is 12.1 Å². The van der Waals surface area contributed by atoms with Crippen LogP contribution in [0.15, 0.2) is 29.3 Å². The summed E-state index contributed by atoms with van der Waals surface area (Å²) < 4.78 is 5.23. The van der Waals surface area contributed by atoms with E-state index < -0.39 is 0 Å². The van der Waals surface area contributed by atoms with Crippen LogP contribution >= 0.6 is 0 Å². The molecule has 21 heavy (non-hydrogen) atoms. The summed E-state index contributed by atoms with van der Waals surface area (Å²) in [5.74, 6) is 0.322. The zero-order valence-electron chi connectivity index (χ0n) is 12.7. The predicted molar refractivity (Wildman–Crippen MR) is 85.2 cm³/mol. The summed E-state index contributed by atoms with van der Waals surface area (Å²) in [5.41, 5.74) is 7.53. The summed E-state index contributed by atoms with van der Waals surface area (Å²) in [6.07, 6.45) is 0.891. The zero-order chi connectivity index (χ0) is 15.5. The van der Waals surface area contributed by atoms with Crippen LogP contribution < -0.4 is 16.4 Å². The van der Waals surface area contributed by atoms with Crippen molar-refractivity contribution in [1.82, 2.24) is 5.32 Å². The summed E-state index contributed by atoms with van der Waals surface area (Å²) in [5, 5.41) is 5.78. The first-order valence-corrected chi connectivity index (χ1v) is 7.10. The highest BCUT2D eigenvalue weighted by Crippen LogP contribution is 2.11. The van der Waals surface area contributed by atoms with E-state index in [1.807, 2.05) is 31.2 Å². The van der Waals surface area contributed by atoms with Gasteiger partial charge in [0.2, 0.25) is 5.91 Å². The van der Waals surface area contributed by atoms with Crippen molar-refractivity contribution in [3.05, 3.63) is 29.8 Å². The number of hydrogen-bond acceptors (Lipinski definition) is 3. The minimum atomic E-state index is -0.0915. The number of ether oxygens (including phenoxy) is 1. The lowest BCUT2D eigenvalue weighted by Gasteiger charge is -2.07. The Morgan fingerprint density at radius 2 is 2.24 bits per heavy atom. The molecule has 0 saturated heterocycles. The number of benzene rings is 1. The molecule has 1 rings (SSSR count). The third-order valence-electron chi connectivity index (χ3n) is 2.66. The second-order valence-corrected chi connectivity index (χ2v) is 4.56. The van der Waals surface area contributed by atoms with Gasteiger partial charge in [0.05, 0.1) is 6.54 Å². The Kier molecular flexibility index (Phi) is 7.89. The van der Waals surface area contributed by atoms with Crippen molar-refractivity contribution >= 4 is 17.6 Å². The molecule has 0 unspecified atom stereocenters. The zero-order valence-corrected chi connectivity index (χ0v) is 12.7. The van der Waals surface area contributed by atoms with Crippen molar-refractivity contribution in [3.63, 3.8) is 0 Å². The first-order chi connectivity index (χ1) is 10.1. The van der Waals surface area contributed by atoms with Crippen molar-refractivity contribution in [2.45, 2.75) is 26.8 Å². The number of aliphatic imine (C=N–C) groups is 1. The minimum absolute atomic E-state index is 0.0915. The second-order valence-electron chi connectivity index (χ2n) is 4.56. The average Bonchev–Trinajstić information content (AvgIpc) is 2.44. The number of nitrogens with one attached hydrogen (secondary N) is 2. The van der Waals surface area contributed by atoms with E-state index in [4.69, 9.17) is 10.5 Å². The molecule has 0 heterocycles. The number of anilines is 1. The number of carbonyl (C=O) groups is 1. The molecule has 6 nitrogen and oxygen atoms in total. The van der Waals surface area contributed by atoms with Crippen molar-refractivity contribution in [1.29, 1.82) is 0 Å². The minimum Gasteiger partial charge on any atom is -0.382 e. The van der Waals surface area contributed by atoms with Crippen LogP contribution in [0.5, 0.6) is 0 Å². The van der Waals surface area contributed by atoms with Gasteiger partial charge in [-0.15, -0.1) is 0 Å². The maximum absolute atomic E-state index is 11.0. The Morgan fingerprint density at radius 1 is 1.43 bits per heavy atom. The highest BCUT2D eigenvalue weighted by molar-refractivity contribution is 5.88. The molecule has 1 aromatic carbocycles. The van der Waals surface area contributed by atoms with E-state index in [2.05, 4.69) is 15.6 Å². The van der Waals surface area contributed by atoms with E-state index in [-0.39, 0.29) is 5.91 Å². The molecule has 0 aliphatic rings. The van der Waals surface area contributed by atoms with Gasteiger partial charge in [0.1, 0.15) is 0 Å². The van der Waals surface area contributed by atoms with Gasteiger partial charge in [-0.25, -0.2) is 4.99 Å². The monoisotopic (exact) mass is 292 g/mol. The summed E-state index contributed by atoms with van der Waals surface area (Å²) >= 11 is 0. The van der Waals surface area contributed by atoms with E-state index in [0.717, 1.165) is 37.4 Å². The molecule has 0 aromatic heterocycles. The maximum atomic E-state index is 11.0. The fourth-order valence-corrected chi connectivity index (χ4v) is 1.72. The summed E-state index contributed by atoms with van der Waals surface area (Å²) in [6.45, 7) is 6.11. The van der Waals surface area contributed by atoms with Gasteiger partial charge in [0, 0.05) is 32.4 Å². The standard InChI is InChI=1S/C15H24N4O2/c1-3-21-9-5-8-17-15(16)18-11-13-6-4-7-14(10-13)19-12(2)20/h4,6-7,10H,3,5,8-9,11H2,1-2H3,(H,19,20)(H3,16,17,18). The topological polar surface area (TPSA) is 88.7 Å². The van der Waals surface area contributed by atoms with E-state index in [1.54, 1.807) is 0 Å². The number of nitrogens with two attached hydrogens (primary N) is 1. The smallest absolute Gasteiger partial charge is 0.221 e. The third-order valence-corrected chi connectivity index (χ3v) is 2.66. The molecular weight excluding hydrogens is 268 g/mol. The van der Waals surface area contributed by atoms with Crippen molar-refractivity contribution in [2.24, 2.45) is 10.7 Å². The Hall–Kier alpha value is -2.08. The van der Waals surface area contributed by atoms with Crippen LogP contribution in [0.2, 0.25) is 0 Å². The fourth-order valence-electron chi connectivity index (χ4n) is 1.72. The number of hydrogen-bond donors (Lipinski definition) is 3. The third kappa shape index (κ3) is 7.94. The van der Waals surface area contributed by atoms with Crippen LogP contribution in [0.25, 0.3) is 0 Å². The molecule has 1 aromatic rings. The first-order valence-electron chi connectivity index (χ1n) is 7.10. The molecule has 0 fully saturated rings. The molecule has 0 aliphatic heterocycles. The van der Waals surface area contributed by atoms with Crippen LogP contribution in [0.3, 0.4) is 0 Å². The Labute approximate surface area is 125 Å². The molecule has 116 valence electrons. The predicted octanol–water partition coefficient (Wildman–Crippen LogP) is 1.48. The lowest BCUT2D eigenvalue weighted by atomic mass is 10.2. The molecule has 1 amide bonds. The van der Waals surface area contributed by atoms with Crippen LogP contribution in [-0.4, -0.2) is 31.6 Å². The van der Waals surface area contributed by atoms with E-state index in [0.29, 0.717) is 12.5 Å². The van der Waals surface area contributed by atoms with Crippen molar-refractivity contribution in [3.8, 4) is 0 Å². The molecule has 0 spiro atoms. The van der Waals surface area contributed by atoms with Gasteiger partial charge < -0.3 is 21.1 Å². The van der Waals surface area contributed by atoms with Gasteiger partial charge >= 0.3 is 0 Å². The largest absolute Gasteiger partial charge is 0.382 e. The van der Waals surface area contributed by atoms with Crippen LogP contribution in [0.4, 0.5) is 5.69 Å². The number of rotatable bonds is 8. The summed E-state index contributed by atoms with van der Waals surface area (Å²) in [4.78, 5) is 15.3. The lowest BCUT2D eigenvalue weighted by Crippen LogP contribution is -2.32. The number of guanidine groups is 1. The molecule has 6 heteroatoms. The Balaban J connectivity index is 2.38.